The highest BCUT2D eigenvalue weighted by molar-refractivity contribution is 5.67. The van der Waals surface area contributed by atoms with E-state index in [4.69, 9.17) is 15.2 Å². The third-order valence-electron chi connectivity index (χ3n) is 4.12. The van der Waals surface area contributed by atoms with Crippen molar-refractivity contribution in [3.05, 3.63) is 0 Å². The summed E-state index contributed by atoms with van der Waals surface area (Å²) in [7, 11) is 1.77. The molecule has 1 rings (SSSR count). The Morgan fingerprint density at radius 3 is 2.68 bits per heavy atom. The summed E-state index contributed by atoms with van der Waals surface area (Å²) in [5, 5.41) is 2.80. The molecule has 1 fully saturated rings. The largest absolute Gasteiger partial charge is 0.444 e. The van der Waals surface area contributed by atoms with Crippen molar-refractivity contribution >= 4 is 6.09 Å². The Bertz CT molecular complexity index is 357. The second-order valence-electron chi connectivity index (χ2n) is 7.33. The lowest BCUT2D eigenvalue weighted by molar-refractivity contribution is -0.0610. The van der Waals surface area contributed by atoms with Crippen LogP contribution in [0.1, 0.15) is 47.0 Å². The van der Waals surface area contributed by atoms with Crippen LogP contribution in [0.2, 0.25) is 0 Å². The maximum Gasteiger partial charge on any atom is 0.407 e. The zero-order valence-corrected chi connectivity index (χ0v) is 14.8. The molecule has 0 saturated carbocycles. The molecule has 2 unspecified atom stereocenters. The molecule has 3 N–H and O–H groups in total. The molecule has 1 aliphatic rings. The van der Waals surface area contributed by atoms with Gasteiger partial charge in [0.2, 0.25) is 0 Å². The van der Waals surface area contributed by atoms with Crippen molar-refractivity contribution in [1.82, 2.24) is 10.2 Å². The third-order valence-corrected chi connectivity index (χ3v) is 4.12. The van der Waals surface area contributed by atoms with E-state index in [-0.39, 0.29) is 17.7 Å². The fraction of sp³-hybridized carbons (Fsp3) is 0.938. The molecule has 1 amide bonds. The number of methoxy groups -OCH3 is 1. The minimum Gasteiger partial charge on any atom is -0.444 e. The van der Waals surface area contributed by atoms with E-state index in [9.17, 15) is 4.79 Å². The number of alkyl carbamates (subject to hydrolysis) is 1. The number of carbonyl (C=O) groups excluding carboxylic acids is 1. The van der Waals surface area contributed by atoms with Gasteiger partial charge in [0.05, 0.1) is 5.60 Å². The molecule has 6 heteroatoms. The molecule has 1 aliphatic heterocycles. The molecule has 0 aromatic heterocycles. The van der Waals surface area contributed by atoms with Crippen LogP contribution >= 0.6 is 0 Å². The van der Waals surface area contributed by atoms with Crippen molar-refractivity contribution in [3.8, 4) is 0 Å². The van der Waals surface area contributed by atoms with Crippen molar-refractivity contribution in [2.24, 2.45) is 5.73 Å². The van der Waals surface area contributed by atoms with Crippen LogP contribution in [0.4, 0.5) is 4.79 Å². The predicted molar refractivity (Wildman–Crippen MR) is 87.9 cm³/mol. The first-order valence-corrected chi connectivity index (χ1v) is 8.15. The van der Waals surface area contributed by atoms with Crippen LogP contribution in [0.3, 0.4) is 0 Å². The average Bonchev–Trinajstić information content (AvgIpc) is 2.42. The van der Waals surface area contributed by atoms with E-state index in [0.717, 1.165) is 32.4 Å². The van der Waals surface area contributed by atoms with Crippen LogP contribution in [0, 0.1) is 0 Å². The molecule has 6 nitrogen and oxygen atoms in total. The van der Waals surface area contributed by atoms with Gasteiger partial charge in [-0.1, -0.05) is 0 Å². The van der Waals surface area contributed by atoms with Gasteiger partial charge in [-0.15, -0.1) is 0 Å². The SMILES string of the molecule is COC1(C)CCCN(C(CN)CCNC(=O)OC(C)(C)C)C1. The molecule has 0 aromatic rings. The minimum absolute atomic E-state index is 0.0930. The standard InChI is InChI=1S/C16H33N3O3/c1-15(2,3)22-14(20)18-9-7-13(11-17)19-10-6-8-16(4,12-19)21-5/h13H,6-12,17H2,1-5H3,(H,18,20). The fourth-order valence-electron chi connectivity index (χ4n) is 2.83. The van der Waals surface area contributed by atoms with Crippen LogP contribution in [-0.2, 0) is 9.47 Å². The summed E-state index contributed by atoms with van der Waals surface area (Å²) in [4.78, 5) is 14.0. The molecular weight excluding hydrogens is 282 g/mol. The monoisotopic (exact) mass is 315 g/mol. The lowest BCUT2D eigenvalue weighted by Crippen LogP contribution is -2.53. The van der Waals surface area contributed by atoms with Crippen LogP contribution in [0.5, 0.6) is 0 Å². The van der Waals surface area contributed by atoms with E-state index in [1.54, 1.807) is 7.11 Å². The second-order valence-corrected chi connectivity index (χ2v) is 7.33. The highest BCUT2D eigenvalue weighted by Gasteiger charge is 2.33. The number of amides is 1. The van der Waals surface area contributed by atoms with Crippen LogP contribution in [0.25, 0.3) is 0 Å². The quantitative estimate of drug-likeness (QED) is 0.780. The van der Waals surface area contributed by atoms with E-state index < -0.39 is 5.60 Å². The average molecular weight is 315 g/mol. The summed E-state index contributed by atoms with van der Waals surface area (Å²) in [6, 6.07) is 0.254. The lowest BCUT2D eigenvalue weighted by atomic mass is 9.93. The molecule has 1 heterocycles. The highest BCUT2D eigenvalue weighted by atomic mass is 16.6. The number of hydrogen-bond acceptors (Lipinski definition) is 5. The number of rotatable bonds is 6. The first-order chi connectivity index (χ1) is 10.2. The van der Waals surface area contributed by atoms with Gasteiger partial charge in [0.1, 0.15) is 5.60 Å². The van der Waals surface area contributed by atoms with Crippen molar-refractivity contribution in [2.45, 2.75) is 64.2 Å². The number of carbonyl (C=O) groups is 1. The summed E-state index contributed by atoms with van der Waals surface area (Å²) in [5.41, 5.74) is 5.37. The molecular formula is C16H33N3O3. The van der Waals surface area contributed by atoms with Crippen LogP contribution in [-0.4, -0.2) is 61.5 Å². The smallest absolute Gasteiger partial charge is 0.407 e. The zero-order chi connectivity index (χ0) is 16.8. The van der Waals surface area contributed by atoms with Gasteiger partial charge in [-0.25, -0.2) is 4.79 Å². The summed E-state index contributed by atoms with van der Waals surface area (Å²) in [5.74, 6) is 0. The minimum atomic E-state index is -0.468. The first kappa shape index (κ1) is 19.2. The number of hydrogen-bond donors (Lipinski definition) is 2. The normalized spacial score (nSPS) is 24.8. The summed E-state index contributed by atoms with van der Waals surface area (Å²) in [6.07, 6.45) is 2.63. The maximum atomic E-state index is 11.7. The molecule has 0 bridgehead atoms. The van der Waals surface area contributed by atoms with Crippen molar-refractivity contribution < 1.29 is 14.3 Å². The molecule has 1 saturated heterocycles. The van der Waals surface area contributed by atoms with Crippen LogP contribution < -0.4 is 11.1 Å². The molecule has 22 heavy (non-hydrogen) atoms. The van der Waals surface area contributed by atoms with E-state index in [0.29, 0.717) is 13.1 Å². The number of likely N-dealkylation sites (tertiary alicyclic amines) is 1. The Kier molecular flexibility index (Phi) is 7.09. The van der Waals surface area contributed by atoms with Gasteiger partial charge >= 0.3 is 6.09 Å². The number of nitrogens with zero attached hydrogens (tertiary/aromatic N) is 1. The maximum absolute atomic E-state index is 11.7. The molecule has 0 spiro atoms. The molecule has 130 valence electrons. The van der Waals surface area contributed by atoms with E-state index >= 15 is 0 Å². The summed E-state index contributed by atoms with van der Waals surface area (Å²) < 4.78 is 10.9. The zero-order valence-electron chi connectivity index (χ0n) is 14.8. The van der Waals surface area contributed by atoms with Gasteiger partial charge in [-0.05, 0) is 53.5 Å². The number of ether oxygens (including phenoxy) is 2. The van der Waals surface area contributed by atoms with Crippen molar-refractivity contribution in [3.63, 3.8) is 0 Å². The Morgan fingerprint density at radius 2 is 2.14 bits per heavy atom. The van der Waals surface area contributed by atoms with E-state index in [2.05, 4.69) is 17.1 Å². The van der Waals surface area contributed by atoms with Crippen molar-refractivity contribution in [2.75, 3.05) is 33.3 Å². The van der Waals surface area contributed by atoms with E-state index in [1.807, 2.05) is 20.8 Å². The topological polar surface area (TPSA) is 76.8 Å². The Morgan fingerprint density at radius 1 is 1.45 bits per heavy atom. The third kappa shape index (κ3) is 6.50. The number of piperidine rings is 1. The van der Waals surface area contributed by atoms with Gasteiger partial charge < -0.3 is 20.5 Å². The lowest BCUT2D eigenvalue weighted by Gasteiger charge is -2.43. The second kappa shape index (κ2) is 8.13. The Balaban J connectivity index is 2.40. The highest BCUT2D eigenvalue weighted by Crippen LogP contribution is 2.25. The number of nitrogens with two attached hydrogens (primary N) is 1. The van der Waals surface area contributed by atoms with Gasteiger partial charge in [-0.2, -0.15) is 0 Å². The van der Waals surface area contributed by atoms with E-state index in [1.165, 1.54) is 0 Å². The van der Waals surface area contributed by atoms with Crippen molar-refractivity contribution in [1.29, 1.82) is 0 Å². The fourth-order valence-corrected chi connectivity index (χ4v) is 2.83. The first-order valence-electron chi connectivity index (χ1n) is 8.15. The van der Waals surface area contributed by atoms with Gasteiger partial charge in [0.15, 0.2) is 0 Å². The molecule has 0 aromatic carbocycles. The summed E-state index contributed by atoms with van der Waals surface area (Å²) in [6.45, 7) is 10.8. The van der Waals surface area contributed by atoms with Crippen LogP contribution in [0.15, 0.2) is 0 Å². The molecule has 2 atom stereocenters. The van der Waals surface area contributed by atoms with Gasteiger partial charge in [0.25, 0.3) is 0 Å². The molecule has 0 radical (unpaired) electrons. The van der Waals surface area contributed by atoms with Gasteiger partial charge in [0, 0.05) is 32.8 Å². The number of nitrogens with one attached hydrogen (secondary N) is 1. The Hall–Kier alpha value is -0.850. The molecule has 0 aliphatic carbocycles. The van der Waals surface area contributed by atoms with Gasteiger partial charge in [-0.3, -0.25) is 4.90 Å². The predicted octanol–water partition coefficient (Wildman–Crippen LogP) is 1.73. The Labute approximate surface area is 134 Å². The summed E-state index contributed by atoms with van der Waals surface area (Å²) >= 11 is 0.